The number of benzene rings is 1. The molecule has 0 saturated heterocycles. The summed E-state index contributed by atoms with van der Waals surface area (Å²) in [4.78, 5) is 16.9. The van der Waals surface area contributed by atoms with E-state index in [1.54, 1.807) is 6.33 Å². The van der Waals surface area contributed by atoms with Crippen molar-refractivity contribution in [3.05, 3.63) is 52.6 Å². The van der Waals surface area contributed by atoms with Crippen LogP contribution in [0.5, 0.6) is 0 Å². The Bertz CT molecular complexity index is 766. The molecule has 1 amide bonds. The van der Waals surface area contributed by atoms with Crippen LogP contribution in [0.1, 0.15) is 60.0 Å². The minimum atomic E-state index is -0.0853. The van der Waals surface area contributed by atoms with Crippen LogP contribution in [0.3, 0.4) is 0 Å². The maximum absolute atomic E-state index is 12.6. The number of amides is 1. The van der Waals surface area contributed by atoms with Crippen LogP contribution in [0.15, 0.2) is 30.6 Å². The highest BCUT2D eigenvalue weighted by atomic mass is 35.5. The van der Waals surface area contributed by atoms with Gasteiger partial charge in [-0.15, -0.1) is 0 Å². The molecule has 0 radical (unpaired) electrons. The standard InChI is InChI=1S/C20H24ClN3O2/c21-16-8-6-15(7-9-16)18-11-24-13-23-19(17(24)12-26-18)20(25)22-10-14-4-2-1-3-5-14/h6-9,13-14,18H,1-5,10-12H2,(H,22,25). The number of halogens is 1. The van der Waals surface area contributed by atoms with Crippen molar-refractivity contribution in [2.75, 3.05) is 6.54 Å². The first-order valence-electron chi connectivity index (χ1n) is 9.40. The molecule has 0 spiro atoms. The molecule has 26 heavy (non-hydrogen) atoms. The fourth-order valence-corrected chi connectivity index (χ4v) is 4.03. The number of nitrogens with zero attached hydrogens (tertiary/aromatic N) is 2. The summed E-state index contributed by atoms with van der Waals surface area (Å²) in [6.45, 7) is 1.79. The van der Waals surface area contributed by atoms with Crippen LogP contribution in [0.2, 0.25) is 5.02 Å². The molecule has 138 valence electrons. The zero-order valence-corrected chi connectivity index (χ0v) is 15.5. The SMILES string of the molecule is O=C(NCC1CCCCC1)c1ncn2c1COC(c1ccc(Cl)cc1)C2. The molecule has 1 fully saturated rings. The summed E-state index contributed by atoms with van der Waals surface area (Å²) in [5.41, 5.74) is 2.43. The number of fused-ring (bicyclic) bond motifs is 1. The lowest BCUT2D eigenvalue weighted by molar-refractivity contribution is 0.00257. The predicted octanol–water partition coefficient (Wildman–Crippen LogP) is 4.12. The Labute approximate surface area is 158 Å². The number of nitrogens with one attached hydrogen (secondary N) is 1. The van der Waals surface area contributed by atoms with Crippen LogP contribution in [0.25, 0.3) is 0 Å². The molecule has 1 unspecified atom stereocenters. The van der Waals surface area contributed by atoms with Gasteiger partial charge in [-0.3, -0.25) is 4.79 Å². The molecular formula is C20H24ClN3O2. The Kier molecular flexibility index (Phi) is 5.27. The number of ether oxygens (including phenoxy) is 1. The van der Waals surface area contributed by atoms with Crippen molar-refractivity contribution in [1.82, 2.24) is 14.9 Å². The molecule has 1 saturated carbocycles. The number of rotatable bonds is 4. The Morgan fingerprint density at radius 2 is 2.00 bits per heavy atom. The van der Waals surface area contributed by atoms with E-state index >= 15 is 0 Å². The van der Waals surface area contributed by atoms with Gasteiger partial charge in [-0.2, -0.15) is 0 Å². The fraction of sp³-hybridized carbons (Fsp3) is 0.500. The van der Waals surface area contributed by atoms with Crippen LogP contribution in [-0.4, -0.2) is 22.0 Å². The van der Waals surface area contributed by atoms with E-state index in [0.29, 0.717) is 29.8 Å². The highest BCUT2D eigenvalue weighted by Crippen LogP contribution is 2.28. The number of imidazole rings is 1. The second kappa shape index (κ2) is 7.80. The molecule has 5 nitrogen and oxygen atoms in total. The molecule has 1 atom stereocenters. The largest absolute Gasteiger partial charge is 0.365 e. The van der Waals surface area contributed by atoms with Gasteiger partial charge in [-0.1, -0.05) is 43.0 Å². The predicted molar refractivity (Wildman–Crippen MR) is 100 cm³/mol. The van der Waals surface area contributed by atoms with Crippen molar-refractivity contribution in [3.8, 4) is 0 Å². The topological polar surface area (TPSA) is 56.2 Å². The Balaban J connectivity index is 1.40. The molecule has 1 aromatic carbocycles. The van der Waals surface area contributed by atoms with Crippen molar-refractivity contribution in [1.29, 1.82) is 0 Å². The maximum Gasteiger partial charge on any atom is 0.271 e. The maximum atomic E-state index is 12.6. The fourth-order valence-electron chi connectivity index (χ4n) is 3.91. The van der Waals surface area contributed by atoms with Crippen LogP contribution in [0.4, 0.5) is 0 Å². The van der Waals surface area contributed by atoms with Crippen LogP contribution < -0.4 is 5.32 Å². The second-order valence-electron chi connectivity index (χ2n) is 7.26. The normalized spacial score (nSPS) is 20.6. The van der Waals surface area contributed by atoms with Gasteiger partial charge in [0.15, 0.2) is 5.69 Å². The van der Waals surface area contributed by atoms with Crippen LogP contribution >= 0.6 is 11.6 Å². The van der Waals surface area contributed by atoms with E-state index in [1.165, 1.54) is 32.1 Å². The van der Waals surface area contributed by atoms with Crippen LogP contribution in [0, 0.1) is 5.92 Å². The van der Waals surface area contributed by atoms with E-state index < -0.39 is 0 Å². The third-order valence-corrected chi connectivity index (χ3v) is 5.71. The first kappa shape index (κ1) is 17.6. The highest BCUT2D eigenvalue weighted by molar-refractivity contribution is 6.30. The van der Waals surface area contributed by atoms with E-state index in [1.807, 2.05) is 28.8 Å². The van der Waals surface area contributed by atoms with Crippen molar-refractivity contribution < 1.29 is 9.53 Å². The zero-order valence-electron chi connectivity index (χ0n) is 14.8. The monoisotopic (exact) mass is 373 g/mol. The molecule has 2 heterocycles. The molecule has 2 aliphatic rings. The Hall–Kier alpha value is -1.85. The average molecular weight is 374 g/mol. The van der Waals surface area contributed by atoms with Crippen molar-refractivity contribution >= 4 is 17.5 Å². The third kappa shape index (κ3) is 3.79. The minimum Gasteiger partial charge on any atom is -0.365 e. The van der Waals surface area contributed by atoms with Crippen molar-refractivity contribution in [2.45, 2.75) is 51.4 Å². The number of hydrogen-bond acceptors (Lipinski definition) is 3. The number of carbonyl (C=O) groups is 1. The molecular weight excluding hydrogens is 350 g/mol. The van der Waals surface area contributed by atoms with Gasteiger partial charge < -0.3 is 14.6 Å². The third-order valence-electron chi connectivity index (χ3n) is 5.46. The van der Waals surface area contributed by atoms with Crippen LogP contribution in [-0.2, 0) is 17.9 Å². The lowest BCUT2D eigenvalue weighted by atomic mass is 9.89. The van der Waals surface area contributed by atoms with Gasteiger partial charge in [0.25, 0.3) is 5.91 Å². The number of aromatic nitrogens is 2. The average Bonchev–Trinajstić information content (AvgIpc) is 3.11. The molecule has 4 rings (SSSR count). The summed E-state index contributed by atoms with van der Waals surface area (Å²) in [6.07, 6.45) is 8.01. The van der Waals surface area contributed by atoms with E-state index in [-0.39, 0.29) is 12.0 Å². The smallest absolute Gasteiger partial charge is 0.271 e. The van der Waals surface area contributed by atoms with Gasteiger partial charge in [0.2, 0.25) is 0 Å². The summed E-state index contributed by atoms with van der Waals surface area (Å²) < 4.78 is 8.02. The summed E-state index contributed by atoms with van der Waals surface area (Å²) >= 11 is 5.96. The molecule has 1 aliphatic heterocycles. The van der Waals surface area contributed by atoms with Gasteiger partial charge in [0.1, 0.15) is 6.10 Å². The molecule has 0 bridgehead atoms. The van der Waals surface area contributed by atoms with Gasteiger partial charge >= 0.3 is 0 Å². The Morgan fingerprint density at radius 1 is 1.23 bits per heavy atom. The minimum absolute atomic E-state index is 0.0490. The van der Waals surface area contributed by atoms with Gasteiger partial charge in [0.05, 0.1) is 25.2 Å². The molecule has 2 aromatic rings. The van der Waals surface area contributed by atoms with E-state index in [9.17, 15) is 4.79 Å². The van der Waals surface area contributed by atoms with E-state index in [2.05, 4.69) is 10.3 Å². The van der Waals surface area contributed by atoms with Gasteiger partial charge in [-0.25, -0.2) is 4.98 Å². The van der Waals surface area contributed by atoms with Gasteiger partial charge in [-0.05, 0) is 36.5 Å². The first-order chi connectivity index (χ1) is 12.7. The summed E-state index contributed by atoms with van der Waals surface area (Å²) in [7, 11) is 0. The summed E-state index contributed by atoms with van der Waals surface area (Å²) in [5.74, 6) is 0.523. The number of carbonyl (C=O) groups excluding carboxylic acids is 1. The second-order valence-corrected chi connectivity index (χ2v) is 7.69. The Morgan fingerprint density at radius 3 is 2.77 bits per heavy atom. The van der Waals surface area contributed by atoms with Crippen molar-refractivity contribution in [3.63, 3.8) is 0 Å². The highest BCUT2D eigenvalue weighted by Gasteiger charge is 2.26. The lowest BCUT2D eigenvalue weighted by Gasteiger charge is -2.26. The molecule has 1 N–H and O–H groups in total. The quantitative estimate of drug-likeness (QED) is 0.877. The van der Waals surface area contributed by atoms with E-state index in [4.69, 9.17) is 16.3 Å². The zero-order chi connectivity index (χ0) is 17.9. The van der Waals surface area contributed by atoms with Gasteiger partial charge in [0, 0.05) is 11.6 Å². The molecule has 1 aromatic heterocycles. The molecule has 1 aliphatic carbocycles. The first-order valence-corrected chi connectivity index (χ1v) is 9.78. The molecule has 6 heteroatoms. The summed E-state index contributed by atoms with van der Waals surface area (Å²) in [6, 6.07) is 7.70. The number of hydrogen-bond donors (Lipinski definition) is 1. The lowest BCUT2D eigenvalue weighted by Crippen LogP contribution is -2.32. The van der Waals surface area contributed by atoms with Crippen molar-refractivity contribution in [2.24, 2.45) is 5.92 Å². The summed E-state index contributed by atoms with van der Waals surface area (Å²) in [5, 5.41) is 3.78. The van der Waals surface area contributed by atoms with E-state index in [0.717, 1.165) is 17.8 Å².